The third-order valence-electron chi connectivity index (χ3n) is 4.55. The smallest absolute Gasteiger partial charge is 0.278 e. The lowest BCUT2D eigenvalue weighted by atomic mass is 10.2. The Kier molecular flexibility index (Phi) is 5.99. The van der Waals surface area contributed by atoms with Crippen LogP contribution in [0, 0.1) is 13.8 Å². The predicted octanol–water partition coefficient (Wildman–Crippen LogP) is 4.05. The molecule has 0 spiro atoms. The summed E-state index contributed by atoms with van der Waals surface area (Å²) in [5.41, 5.74) is 2.63. The molecule has 3 heterocycles. The van der Waals surface area contributed by atoms with E-state index in [9.17, 15) is 4.79 Å². The molecule has 160 valence electrons. The Labute approximate surface area is 192 Å². The van der Waals surface area contributed by atoms with Crippen LogP contribution in [0.3, 0.4) is 0 Å². The van der Waals surface area contributed by atoms with Gasteiger partial charge in [-0.2, -0.15) is 10.2 Å². The monoisotopic (exact) mass is 478 g/mol. The van der Waals surface area contributed by atoms with Crippen molar-refractivity contribution in [2.24, 2.45) is 0 Å². The lowest BCUT2D eigenvalue weighted by Gasteiger charge is -2.05. The molecule has 0 aliphatic heterocycles. The minimum absolute atomic E-state index is 0.162. The van der Waals surface area contributed by atoms with Crippen LogP contribution in [0.25, 0.3) is 0 Å². The van der Waals surface area contributed by atoms with E-state index in [0.29, 0.717) is 28.3 Å². The quantitative estimate of drug-likeness (QED) is 0.450. The molecule has 12 heteroatoms. The van der Waals surface area contributed by atoms with Crippen molar-refractivity contribution in [1.29, 1.82) is 0 Å². The van der Waals surface area contributed by atoms with Crippen LogP contribution in [0.5, 0.6) is 0 Å². The molecule has 31 heavy (non-hydrogen) atoms. The van der Waals surface area contributed by atoms with E-state index >= 15 is 0 Å². The molecule has 4 aromatic rings. The molecule has 1 N–H and O–H groups in total. The normalized spacial score (nSPS) is 11.1. The molecule has 0 aliphatic carbocycles. The summed E-state index contributed by atoms with van der Waals surface area (Å²) in [6, 6.07) is 6.83. The lowest BCUT2D eigenvalue weighted by Crippen LogP contribution is -2.16. The summed E-state index contributed by atoms with van der Waals surface area (Å²) in [7, 11) is 0. The molecule has 0 saturated heterocycles. The van der Waals surface area contributed by atoms with Crippen LogP contribution < -0.4 is 5.32 Å². The van der Waals surface area contributed by atoms with Crippen LogP contribution >= 0.6 is 34.8 Å². The summed E-state index contributed by atoms with van der Waals surface area (Å²) in [5.74, 6) is -0.262. The van der Waals surface area contributed by atoms with Gasteiger partial charge in [0, 0.05) is 16.2 Å². The zero-order valence-corrected chi connectivity index (χ0v) is 18.8. The highest BCUT2D eigenvalue weighted by Gasteiger charge is 2.14. The number of rotatable bonds is 6. The fourth-order valence-electron chi connectivity index (χ4n) is 2.93. The molecule has 0 bridgehead atoms. The van der Waals surface area contributed by atoms with E-state index in [1.807, 2.05) is 19.9 Å². The Morgan fingerprint density at radius 3 is 2.58 bits per heavy atom. The second-order valence-corrected chi connectivity index (χ2v) is 8.04. The zero-order valence-electron chi connectivity index (χ0n) is 16.6. The standard InChI is InChI=1S/C19H17Cl3N8O/c1-11-17(22)12(2)30(25-11)10-28-6-5-16(26-28)18(31)24-19-23-9-29(27-19)8-13-3-4-14(20)7-15(13)21/h3-7,9H,8,10H2,1-2H3,(H,24,27,31). The molecular formula is C19H17Cl3N8O. The van der Waals surface area contributed by atoms with Crippen LogP contribution in [0.2, 0.25) is 15.1 Å². The fourth-order valence-corrected chi connectivity index (χ4v) is 3.53. The maximum Gasteiger partial charge on any atom is 0.278 e. The molecule has 9 nitrogen and oxygen atoms in total. The van der Waals surface area contributed by atoms with Gasteiger partial charge in [0.15, 0.2) is 5.69 Å². The number of nitrogens with zero attached hydrogens (tertiary/aromatic N) is 7. The van der Waals surface area contributed by atoms with Crippen molar-refractivity contribution in [2.75, 3.05) is 5.32 Å². The third kappa shape index (κ3) is 4.73. The molecule has 1 amide bonds. The number of aromatic nitrogens is 7. The van der Waals surface area contributed by atoms with Gasteiger partial charge < -0.3 is 0 Å². The van der Waals surface area contributed by atoms with Gasteiger partial charge in [-0.1, -0.05) is 40.9 Å². The fraction of sp³-hybridized carbons (Fsp3) is 0.211. The molecule has 0 aliphatic rings. The third-order valence-corrected chi connectivity index (χ3v) is 5.69. The molecule has 1 aromatic carbocycles. The second kappa shape index (κ2) is 8.70. The van der Waals surface area contributed by atoms with Gasteiger partial charge in [-0.05, 0) is 37.6 Å². The maximum atomic E-state index is 12.5. The zero-order chi connectivity index (χ0) is 22.1. The average Bonchev–Trinajstić information content (AvgIpc) is 3.42. The van der Waals surface area contributed by atoms with Crippen molar-refractivity contribution in [3.05, 3.63) is 74.5 Å². The number of halogens is 3. The van der Waals surface area contributed by atoms with Gasteiger partial charge >= 0.3 is 0 Å². The molecule has 0 saturated carbocycles. The van der Waals surface area contributed by atoms with E-state index in [1.165, 1.54) is 6.33 Å². The Morgan fingerprint density at radius 2 is 1.87 bits per heavy atom. The molecule has 0 atom stereocenters. The number of nitrogens with one attached hydrogen (secondary N) is 1. The number of carbonyl (C=O) groups is 1. The van der Waals surface area contributed by atoms with Gasteiger partial charge in [-0.15, -0.1) is 5.10 Å². The summed E-state index contributed by atoms with van der Waals surface area (Å²) in [6.45, 7) is 4.43. The summed E-state index contributed by atoms with van der Waals surface area (Å²) in [4.78, 5) is 16.6. The Hall–Kier alpha value is -2.88. The van der Waals surface area contributed by atoms with E-state index in [0.717, 1.165) is 17.0 Å². The first-order valence-electron chi connectivity index (χ1n) is 9.18. The number of hydrogen-bond donors (Lipinski definition) is 1. The molecule has 4 rings (SSSR count). The largest absolute Gasteiger partial charge is 0.288 e. The number of aryl methyl sites for hydroxylation is 1. The van der Waals surface area contributed by atoms with Crippen molar-refractivity contribution in [2.45, 2.75) is 27.1 Å². The first kappa shape index (κ1) is 21.4. The van der Waals surface area contributed by atoms with Gasteiger partial charge in [0.05, 0.1) is 23.0 Å². The number of anilines is 1. The highest BCUT2D eigenvalue weighted by Crippen LogP contribution is 2.22. The van der Waals surface area contributed by atoms with Crippen molar-refractivity contribution in [1.82, 2.24) is 34.3 Å². The van der Waals surface area contributed by atoms with Crippen LogP contribution in [-0.2, 0) is 13.2 Å². The molecule has 0 radical (unpaired) electrons. The number of amides is 1. The second-order valence-electron chi connectivity index (χ2n) is 6.82. The molecule has 3 aromatic heterocycles. The maximum absolute atomic E-state index is 12.5. The number of benzene rings is 1. The lowest BCUT2D eigenvalue weighted by molar-refractivity contribution is 0.102. The van der Waals surface area contributed by atoms with Crippen LogP contribution in [0.15, 0.2) is 36.8 Å². The first-order chi connectivity index (χ1) is 14.8. The number of carbonyl (C=O) groups excluding carboxylic acids is 1. The predicted molar refractivity (Wildman–Crippen MR) is 118 cm³/mol. The van der Waals surface area contributed by atoms with Gasteiger partial charge in [0.1, 0.15) is 13.0 Å². The highest BCUT2D eigenvalue weighted by molar-refractivity contribution is 6.35. The summed E-state index contributed by atoms with van der Waals surface area (Å²) in [6.07, 6.45) is 3.19. The van der Waals surface area contributed by atoms with E-state index < -0.39 is 5.91 Å². The Balaban J connectivity index is 1.40. The molecular weight excluding hydrogens is 463 g/mol. The minimum atomic E-state index is -0.424. The van der Waals surface area contributed by atoms with Crippen molar-refractivity contribution in [3.63, 3.8) is 0 Å². The van der Waals surface area contributed by atoms with Crippen molar-refractivity contribution >= 4 is 46.7 Å². The number of hydrogen-bond acceptors (Lipinski definition) is 5. The Morgan fingerprint density at radius 1 is 1.06 bits per heavy atom. The van der Waals surface area contributed by atoms with Crippen LogP contribution in [0.4, 0.5) is 5.95 Å². The van der Waals surface area contributed by atoms with Gasteiger partial charge in [0.25, 0.3) is 5.91 Å². The topological polar surface area (TPSA) is 95.5 Å². The van der Waals surface area contributed by atoms with E-state index in [2.05, 4.69) is 25.6 Å². The molecule has 0 unspecified atom stereocenters. The van der Waals surface area contributed by atoms with Crippen LogP contribution in [0.1, 0.15) is 27.4 Å². The van der Waals surface area contributed by atoms with Crippen molar-refractivity contribution in [3.8, 4) is 0 Å². The van der Waals surface area contributed by atoms with Crippen molar-refractivity contribution < 1.29 is 4.79 Å². The van der Waals surface area contributed by atoms with Gasteiger partial charge in [-0.3, -0.25) is 14.8 Å². The Bertz CT molecular complexity index is 1260. The summed E-state index contributed by atoms with van der Waals surface area (Å²) >= 11 is 18.3. The van der Waals surface area contributed by atoms with Crippen LogP contribution in [-0.4, -0.2) is 40.2 Å². The molecule has 0 fully saturated rings. The van der Waals surface area contributed by atoms with Gasteiger partial charge in [-0.25, -0.2) is 14.3 Å². The SMILES string of the molecule is Cc1nn(Cn2ccc(C(=O)Nc3ncn(Cc4ccc(Cl)cc4Cl)n3)n2)c(C)c1Cl. The average molecular weight is 480 g/mol. The van der Waals surface area contributed by atoms with E-state index in [-0.39, 0.29) is 11.6 Å². The first-order valence-corrected chi connectivity index (χ1v) is 10.3. The highest BCUT2D eigenvalue weighted by atomic mass is 35.5. The summed E-state index contributed by atoms with van der Waals surface area (Å²) in [5, 5.41) is 17.2. The minimum Gasteiger partial charge on any atom is -0.288 e. The summed E-state index contributed by atoms with van der Waals surface area (Å²) < 4.78 is 4.88. The van der Waals surface area contributed by atoms with Gasteiger partial charge in [0.2, 0.25) is 5.95 Å². The van der Waals surface area contributed by atoms with E-state index in [4.69, 9.17) is 34.8 Å². The van der Waals surface area contributed by atoms with E-state index in [1.54, 1.807) is 38.4 Å².